The number of hydrogen-bond acceptors (Lipinski definition) is 4. The second kappa shape index (κ2) is 7.07. The molecule has 0 saturated carbocycles. The fourth-order valence-corrected chi connectivity index (χ4v) is 3.13. The lowest BCUT2D eigenvalue weighted by molar-refractivity contribution is 0.478. The van der Waals surface area contributed by atoms with Crippen LogP contribution in [0, 0.1) is 12.8 Å². The van der Waals surface area contributed by atoms with Crippen LogP contribution in [0.1, 0.15) is 44.6 Å². The molecular formula is C13H24N2O3S. The van der Waals surface area contributed by atoms with E-state index in [9.17, 15) is 8.42 Å². The summed E-state index contributed by atoms with van der Waals surface area (Å²) >= 11 is 0. The maximum atomic E-state index is 12.1. The van der Waals surface area contributed by atoms with Crippen molar-refractivity contribution < 1.29 is 12.8 Å². The van der Waals surface area contributed by atoms with Crippen molar-refractivity contribution in [1.82, 2.24) is 4.72 Å². The molecule has 1 aromatic heterocycles. The monoisotopic (exact) mass is 288 g/mol. The van der Waals surface area contributed by atoms with Gasteiger partial charge in [-0.1, -0.05) is 26.7 Å². The quantitative estimate of drug-likeness (QED) is 0.718. The summed E-state index contributed by atoms with van der Waals surface area (Å²) < 4.78 is 32.0. The summed E-state index contributed by atoms with van der Waals surface area (Å²) in [6, 6.07) is 1.49. The molecule has 0 radical (unpaired) electrons. The molecule has 0 aromatic carbocycles. The molecule has 6 heteroatoms. The third kappa shape index (κ3) is 4.97. The number of furan rings is 1. The Labute approximate surface area is 115 Å². The first-order chi connectivity index (χ1) is 8.86. The molecule has 3 N–H and O–H groups in total. The predicted molar refractivity (Wildman–Crippen MR) is 75.2 cm³/mol. The van der Waals surface area contributed by atoms with Gasteiger partial charge in [0, 0.05) is 12.6 Å². The molecule has 110 valence electrons. The Morgan fingerprint density at radius 2 is 2.05 bits per heavy atom. The zero-order chi connectivity index (χ0) is 14.5. The molecule has 1 aromatic rings. The lowest BCUT2D eigenvalue weighted by atomic mass is 10.1. The van der Waals surface area contributed by atoms with Crippen LogP contribution >= 0.6 is 0 Å². The van der Waals surface area contributed by atoms with Crippen LogP contribution in [-0.4, -0.2) is 15.0 Å². The van der Waals surface area contributed by atoms with Crippen molar-refractivity contribution >= 4 is 10.0 Å². The molecule has 0 aliphatic carbocycles. The van der Waals surface area contributed by atoms with Crippen molar-refractivity contribution in [2.24, 2.45) is 11.7 Å². The number of aryl methyl sites for hydroxylation is 1. The minimum atomic E-state index is -3.48. The van der Waals surface area contributed by atoms with E-state index in [2.05, 4.69) is 18.6 Å². The molecule has 0 spiro atoms. The van der Waals surface area contributed by atoms with Crippen LogP contribution in [-0.2, 0) is 16.6 Å². The van der Waals surface area contributed by atoms with Gasteiger partial charge >= 0.3 is 0 Å². The van der Waals surface area contributed by atoms with Crippen molar-refractivity contribution in [3.8, 4) is 0 Å². The zero-order valence-corrected chi connectivity index (χ0v) is 12.7. The van der Waals surface area contributed by atoms with Gasteiger partial charge in [0.05, 0.1) is 6.54 Å². The predicted octanol–water partition coefficient (Wildman–Crippen LogP) is 2.15. The summed E-state index contributed by atoms with van der Waals surface area (Å²) in [5.41, 5.74) is 5.43. The van der Waals surface area contributed by atoms with E-state index in [0.29, 0.717) is 24.0 Å². The Balaban J connectivity index is 2.53. The van der Waals surface area contributed by atoms with E-state index in [0.717, 1.165) is 19.3 Å². The van der Waals surface area contributed by atoms with E-state index < -0.39 is 10.0 Å². The van der Waals surface area contributed by atoms with Crippen LogP contribution in [0.2, 0.25) is 0 Å². The first-order valence-electron chi connectivity index (χ1n) is 6.66. The van der Waals surface area contributed by atoms with Gasteiger partial charge in [0.15, 0.2) is 0 Å². The second-order valence-electron chi connectivity index (χ2n) is 5.12. The van der Waals surface area contributed by atoms with Crippen molar-refractivity contribution in [2.75, 3.05) is 6.54 Å². The van der Waals surface area contributed by atoms with Crippen LogP contribution in [0.25, 0.3) is 0 Å². The topological polar surface area (TPSA) is 85.3 Å². The Kier molecular flexibility index (Phi) is 6.03. The molecule has 0 bridgehead atoms. The van der Waals surface area contributed by atoms with Crippen LogP contribution in [0.5, 0.6) is 0 Å². The fraction of sp³-hybridized carbons (Fsp3) is 0.692. The van der Waals surface area contributed by atoms with Crippen LogP contribution < -0.4 is 10.5 Å². The third-order valence-electron chi connectivity index (χ3n) is 2.91. The fourth-order valence-electron chi connectivity index (χ4n) is 1.85. The van der Waals surface area contributed by atoms with Gasteiger partial charge in [-0.05, 0) is 19.3 Å². The van der Waals surface area contributed by atoms with E-state index in [4.69, 9.17) is 10.2 Å². The summed E-state index contributed by atoms with van der Waals surface area (Å²) in [6.07, 6.45) is 2.99. The molecule has 1 heterocycles. The number of unbranched alkanes of at least 4 members (excludes halogenated alkanes) is 1. The Hall–Kier alpha value is -0.850. The Bertz CT molecular complexity index is 492. The van der Waals surface area contributed by atoms with Gasteiger partial charge in [0.2, 0.25) is 10.0 Å². The summed E-state index contributed by atoms with van der Waals surface area (Å²) in [5, 5.41) is 0. The third-order valence-corrected chi connectivity index (χ3v) is 4.48. The first-order valence-corrected chi connectivity index (χ1v) is 8.14. The van der Waals surface area contributed by atoms with E-state index in [1.54, 1.807) is 6.92 Å². The van der Waals surface area contributed by atoms with E-state index in [-0.39, 0.29) is 11.4 Å². The van der Waals surface area contributed by atoms with Gasteiger partial charge in [-0.15, -0.1) is 0 Å². The highest BCUT2D eigenvalue weighted by Gasteiger charge is 2.20. The average molecular weight is 288 g/mol. The van der Waals surface area contributed by atoms with Crippen molar-refractivity contribution in [3.05, 3.63) is 17.6 Å². The number of nitrogens with one attached hydrogen (secondary N) is 1. The van der Waals surface area contributed by atoms with Gasteiger partial charge in [0.1, 0.15) is 16.4 Å². The standard InChI is InChI=1S/C13H24N2O3S/c1-10(2)6-4-5-7-15-19(16,17)13-8-12(9-14)18-11(13)3/h8,10,15H,4-7,9,14H2,1-3H3. The molecule has 0 saturated heterocycles. The molecule has 0 aliphatic heterocycles. The Morgan fingerprint density at radius 1 is 1.37 bits per heavy atom. The SMILES string of the molecule is Cc1oc(CN)cc1S(=O)(=O)NCCCCC(C)C. The van der Waals surface area contributed by atoms with E-state index in [1.165, 1.54) is 6.07 Å². The molecule has 0 amide bonds. The number of sulfonamides is 1. The van der Waals surface area contributed by atoms with Crippen LogP contribution in [0.3, 0.4) is 0 Å². The van der Waals surface area contributed by atoms with Crippen LogP contribution in [0.15, 0.2) is 15.4 Å². The molecule has 0 aliphatic rings. The largest absolute Gasteiger partial charge is 0.464 e. The van der Waals surface area contributed by atoms with E-state index in [1.807, 2.05) is 0 Å². The lowest BCUT2D eigenvalue weighted by Gasteiger charge is -2.06. The van der Waals surface area contributed by atoms with Crippen molar-refractivity contribution in [1.29, 1.82) is 0 Å². The van der Waals surface area contributed by atoms with Gasteiger partial charge in [0.25, 0.3) is 0 Å². The molecule has 19 heavy (non-hydrogen) atoms. The molecule has 0 atom stereocenters. The minimum Gasteiger partial charge on any atom is -0.464 e. The average Bonchev–Trinajstić information content (AvgIpc) is 2.70. The molecule has 5 nitrogen and oxygen atoms in total. The van der Waals surface area contributed by atoms with Gasteiger partial charge in [-0.3, -0.25) is 0 Å². The summed E-state index contributed by atoms with van der Waals surface area (Å²) in [7, 11) is -3.48. The van der Waals surface area contributed by atoms with Gasteiger partial charge in [-0.2, -0.15) is 0 Å². The Morgan fingerprint density at radius 3 is 2.58 bits per heavy atom. The van der Waals surface area contributed by atoms with Gasteiger partial charge in [-0.25, -0.2) is 13.1 Å². The zero-order valence-electron chi connectivity index (χ0n) is 11.9. The highest BCUT2D eigenvalue weighted by atomic mass is 32.2. The molecular weight excluding hydrogens is 264 g/mol. The second-order valence-corrected chi connectivity index (χ2v) is 6.86. The number of hydrogen-bond donors (Lipinski definition) is 2. The normalized spacial score (nSPS) is 12.3. The summed E-state index contributed by atoms with van der Waals surface area (Å²) in [4.78, 5) is 0.191. The summed E-state index contributed by atoms with van der Waals surface area (Å²) in [5.74, 6) is 1.52. The lowest BCUT2D eigenvalue weighted by Crippen LogP contribution is -2.25. The number of rotatable bonds is 8. The molecule has 1 rings (SSSR count). The molecule has 0 fully saturated rings. The maximum absolute atomic E-state index is 12.1. The van der Waals surface area contributed by atoms with Crippen LogP contribution in [0.4, 0.5) is 0 Å². The summed E-state index contributed by atoms with van der Waals surface area (Å²) in [6.45, 7) is 6.61. The van der Waals surface area contributed by atoms with E-state index >= 15 is 0 Å². The highest BCUT2D eigenvalue weighted by molar-refractivity contribution is 7.89. The van der Waals surface area contributed by atoms with Gasteiger partial charge < -0.3 is 10.2 Å². The maximum Gasteiger partial charge on any atom is 0.244 e. The first kappa shape index (κ1) is 16.2. The smallest absolute Gasteiger partial charge is 0.244 e. The number of nitrogens with two attached hydrogens (primary N) is 1. The van der Waals surface area contributed by atoms with Crippen molar-refractivity contribution in [3.63, 3.8) is 0 Å². The minimum absolute atomic E-state index is 0.191. The van der Waals surface area contributed by atoms with Crippen molar-refractivity contribution in [2.45, 2.75) is 51.5 Å². The molecule has 0 unspecified atom stereocenters. The highest BCUT2D eigenvalue weighted by Crippen LogP contribution is 2.19.